The molecule has 0 bridgehead atoms. The first kappa shape index (κ1) is 27.9. The van der Waals surface area contributed by atoms with E-state index in [0.29, 0.717) is 48.2 Å². The van der Waals surface area contributed by atoms with Gasteiger partial charge in [0.25, 0.3) is 0 Å². The summed E-state index contributed by atoms with van der Waals surface area (Å²) in [5.74, 6) is 0.531. The van der Waals surface area contributed by atoms with Gasteiger partial charge in [-0.3, -0.25) is 0 Å². The topological polar surface area (TPSA) is 90.6 Å². The summed E-state index contributed by atoms with van der Waals surface area (Å²) in [7, 11) is -3.69. The van der Waals surface area contributed by atoms with E-state index in [2.05, 4.69) is 5.32 Å². The summed E-state index contributed by atoms with van der Waals surface area (Å²) in [4.78, 5) is 0.0922. The third kappa shape index (κ3) is 7.85. The van der Waals surface area contributed by atoms with Crippen LogP contribution in [0.5, 0.6) is 11.5 Å². The lowest BCUT2D eigenvalue weighted by atomic mass is 10.1. The number of benzene rings is 3. The maximum Gasteiger partial charge on any atom is 0.238 e. The van der Waals surface area contributed by atoms with Gasteiger partial charge in [0, 0.05) is 12.1 Å². The van der Waals surface area contributed by atoms with Crippen molar-refractivity contribution >= 4 is 34.0 Å². The summed E-state index contributed by atoms with van der Waals surface area (Å²) in [5.41, 5.74) is 2.32. The van der Waals surface area contributed by atoms with Crippen molar-refractivity contribution in [2.24, 2.45) is 5.14 Å². The molecule has 3 aromatic rings. The lowest BCUT2D eigenvalue weighted by molar-refractivity contribution is 0.266. The van der Waals surface area contributed by atoms with Crippen LogP contribution in [0.2, 0.25) is 5.02 Å². The van der Waals surface area contributed by atoms with Crippen LogP contribution in [0.15, 0.2) is 65.6 Å². The van der Waals surface area contributed by atoms with Crippen molar-refractivity contribution in [3.05, 3.63) is 88.2 Å². The van der Waals surface area contributed by atoms with Crippen LogP contribution in [0.25, 0.3) is 0 Å². The summed E-state index contributed by atoms with van der Waals surface area (Å²) >= 11 is 6.45. The standard InChI is InChI=1S/C24H26ClFN2O4S.ClH/c1-2-31-23-14-18(13-21(25)24(23)32-16-19-5-3-4-6-22(19)26)15-28-12-11-17-7-9-20(10-8-17)33(27,29)30;/h3-10,13-14,28H,2,11-12,15-16H2,1H3,(H2,27,29,30);1H. The zero-order valence-electron chi connectivity index (χ0n) is 18.6. The number of nitrogens with two attached hydrogens (primary N) is 1. The fourth-order valence-electron chi connectivity index (χ4n) is 3.20. The maximum atomic E-state index is 13.9. The van der Waals surface area contributed by atoms with Gasteiger partial charge in [0.15, 0.2) is 11.5 Å². The Bertz CT molecular complexity index is 1190. The minimum Gasteiger partial charge on any atom is -0.490 e. The first-order valence-corrected chi connectivity index (χ1v) is 12.3. The van der Waals surface area contributed by atoms with Gasteiger partial charge in [0.2, 0.25) is 10.0 Å². The summed E-state index contributed by atoms with van der Waals surface area (Å²) in [5, 5.41) is 8.83. The van der Waals surface area contributed by atoms with Crippen LogP contribution in [0.3, 0.4) is 0 Å². The molecule has 0 heterocycles. The fraction of sp³-hybridized carbons (Fsp3) is 0.250. The molecule has 0 saturated carbocycles. The van der Waals surface area contributed by atoms with Crippen LogP contribution >= 0.6 is 24.0 Å². The molecule has 3 rings (SSSR count). The lowest BCUT2D eigenvalue weighted by Crippen LogP contribution is -2.17. The molecule has 184 valence electrons. The molecule has 10 heteroatoms. The molecule has 0 amide bonds. The molecule has 0 aliphatic carbocycles. The first-order chi connectivity index (χ1) is 15.8. The van der Waals surface area contributed by atoms with Gasteiger partial charge >= 0.3 is 0 Å². The van der Waals surface area contributed by atoms with E-state index in [-0.39, 0.29) is 29.7 Å². The Balaban J connectivity index is 0.00000408. The van der Waals surface area contributed by atoms with E-state index in [4.69, 9.17) is 26.2 Å². The van der Waals surface area contributed by atoms with Crippen LogP contribution in [0.4, 0.5) is 4.39 Å². The summed E-state index contributed by atoms with van der Waals surface area (Å²) in [6.45, 7) is 3.54. The molecule has 0 saturated heterocycles. The van der Waals surface area contributed by atoms with Crippen LogP contribution in [0.1, 0.15) is 23.6 Å². The van der Waals surface area contributed by atoms with Crippen LogP contribution in [-0.2, 0) is 29.6 Å². The summed E-state index contributed by atoms with van der Waals surface area (Å²) < 4.78 is 48.0. The normalized spacial score (nSPS) is 11.1. The second kappa shape index (κ2) is 12.9. The number of sulfonamides is 1. The largest absolute Gasteiger partial charge is 0.490 e. The van der Waals surface area contributed by atoms with Crippen molar-refractivity contribution in [3.8, 4) is 11.5 Å². The second-order valence-electron chi connectivity index (χ2n) is 7.33. The predicted molar refractivity (Wildman–Crippen MR) is 134 cm³/mol. The Morgan fingerprint density at radius 3 is 2.38 bits per heavy atom. The number of primary sulfonamides is 1. The number of halogens is 3. The van der Waals surface area contributed by atoms with Crippen LogP contribution < -0.4 is 19.9 Å². The van der Waals surface area contributed by atoms with Crippen molar-refractivity contribution in [3.63, 3.8) is 0 Å². The molecular weight excluding hydrogens is 502 g/mol. The molecule has 0 radical (unpaired) electrons. The molecule has 0 atom stereocenters. The quantitative estimate of drug-likeness (QED) is 0.347. The monoisotopic (exact) mass is 528 g/mol. The van der Waals surface area contributed by atoms with Crippen molar-refractivity contribution < 1.29 is 22.3 Å². The summed E-state index contributed by atoms with van der Waals surface area (Å²) in [6, 6.07) is 16.5. The van der Waals surface area contributed by atoms with Gasteiger partial charge in [-0.05, 0) is 61.3 Å². The molecule has 0 unspecified atom stereocenters. The van der Waals surface area contributed by atoms with E-state index in [9.17, 15) is 12.8 Å². The van der Waals surface area contributed by atoms with Crippen molar-refractivity contribution in [2.45, 2.75) is 31.4 Å². The second-order valence-corrected chi connectivity index (χ2v) is 9.30. The van der Waals surface area contributed by atoms with E-state index < -0.39 is 10.0 Å². The third-order valence-electron chi connectivity index (χ3n) is 4.87. The Morgan fingerprint density at radius 2 is 1.74 bits per heavy atom. The molecule has 0 fully saturated rings. The van der Waals surface area contributed by atoms with Crippen molar-refractivity contribution in [1.82, 2.24) is 5.32 Å². The van der Waals surface area contributed by atoms with Gasteiger partial charge < -0.3 is 14.8 Å². The number of hydrogen-bond acceptors (Lipinski definition) is 5. The van der Waals surface area contributed by atoms with Gasteiger partial charge in [-0.25, -0.2) is 17.9 Å². The van der Waals surface area contributed by atoms with Crippen LogP contribution in [0, 0.1) is 5.82 Å². The average molecular weight is 529 g/mol. The van der Waals surface area contributed by atoms with E-state index in [1.165, 1.54) is 18.2 Å². The van der Waals surface area contributed by atoms with Gasteiger partial charge in [-0.15, -0.1) is 12.4 Å². The predicted octanol–water partition coefficient (Wildman–Crippen LogP) is 4.86. The van der Waals surface area contributed by atoms with E-state index in [1.807, 2.05) is 13.0 Å². The smallest absolute Gasteiger partial charge is 0.238 e. The zero-order valence-corrected chi connectivity index (χ0v) is 21.0. The minimum absolute atomic E-state index is 0. The van der Waals surface area contributed by atoms with E-state index >= 15 is 0 Å². The molecule has 0 spiro atoms. The Morgan fingerprint density at radius 1 is 1.03 bits per heavy atom. The van der Waals surface area contributed by atoms with Gasteiger partial charge in [0.05, 0.1) is 16.5 Å². The highest BCUT2D eigenvalue weighted by atomic mass is 35.5. The van der Waals surface area contributed by atoms with Crippen molar-refractivity contribution in [1.29, 1.82) is 0 Å². The average Bonchev–Trinajstić information content (AvgIpc) is 2.77. The molecule has 0 aliphatic heterocycles. The van der Waals surface area contributed by atoms with Gasteiger partial charge in [0.1, 0.15) is 12.4 Å². The van der Waals surface area contributed by atoms with Gasteiger partial charge in [-0.1, -0.05) is 41.9 Å². The zero-order chi connectivity index (χ0) is 23.8. The highest BCUT2D eigenvalue weighted by Gasteiger charge is 2.14. The van der Waals surface area contributed by atoms with Crippen LogP contribution in [-0.4, -0.2) is 21.6 Å². The van der Waals surface area contributed by atoms with E-state index in [0.717, 1.165) is 11.1 Å². The number of hydrogen-bond donors (Lipinski definition) is 2. The molecule has 0 aromatic heterocycles. The van der Waals surface area contributed by atoms with Gasteiger partial charge in [-0.2, -0.15) is 0 Å². The molecule has 6 nitrogen and oxygen atoms in total. The Kier molecular flexibility index (Phi) is 10.6. The molecule has 0 aliphatic rings. The maximum absolute atomic E-state index is 13.9. The Labute approximate surface area is 210 Å². The number of nitrogens with one attached hydrogen (secondary N) is 1. The number of rotatable bonds is 11. The number of ether oxygens (including phenoxy) is 2. The SMILES string of the molecule is CCOc1cc(CNCCc2ccc(S(N)(=O)=O)cc2)cc(Cl)c1OCc1ccccc1F.Cl. The molecule has 34 heavy (non-hydrogen) atoms. The highest BCUT2D eigenvalue weighted by Crippen LogP contribution is 2.37. The van der Waals surface area contributed by atoms with E-state index in [1.54, 1.807) is 36.4 Å². The molecule has 3 aromatic carbocycles. The summed E-state index contributed by atoms with van der Waals surface area (Å²) in [6.07, 6.45) is 0.709. The third-order valence-corrected chi connectivity index (χ3v) is 6.08. The van der Waals surface area contributed by atoms with Crippen molar-refractivity contribution in [2.75, 3.05) is 13.2 Å². The first-order valence-electron chi connectivity index (χ1n) is 10.4. The fourth-order valence-corrected chi connectivity index (χ4v) is 4.01. The molecule has 3 N–H and O–H groups in total. The molecular formula is C24H27Cl2FN2O4S. The minimum atomic E-state index is -3.69. The lowest BCUT2D eigenvalue weighted by Gasteiger charge is -2.16. The Hall–Kier alpha value is -2.36. The highest BCUT2D eigenvalue weighted by molar-refractivity contribution is 7.89.